The molecule has 0 aliphatic carbocycles. The molecular formula is C9H12ClNO4S. The molecule has 0 radical (unpaired) electrons. The molecule has 0 fully saturated rings. The summed E-state index contributed by atoms with van der Waals surface area (Å²) in [5, 5.41) is 0. The third-order valence-electron chi connectivity index (χ3n) is 1.71. The minimum Gasteiger partial charge on any atom is -0.471 e. The molecule has 0 spiro atoms. The normalized spacial score (nSPS) is 13.4. The zero-order valence-electron chi connectivity index (χ0n) is 8.88. The van der Waals surface area contributed by atoms with Gasteiger partial charge in [-0.1, -0.05) is 0 Å². The molecule has 0 N–H and O–H groups in total. The van der Waals surface area contributed by atoms with E-state index in [0.717, 1.165) is 0 Å². The fourth-order valence-electron chi connectivity index (χ4n) is 1.11. The number of nitrogens with zero attached hydrogens (tertiary/aromatic N) is 1. The molecule has 16 heavy (non-hydrogen) atoms. The lowest BCUT2D eigenvalue weighted by molar-refractivity contribution is 0.0868. The highest BCUT2D eigenvalue weighted by Crippen LogP contribution is 2.24. The highest BCUT2D eigenvalue weighted by atomic mass is 35.7. The maximum Gasteiger partial charge on any atom is 0.266 e. The lowest BCUT2D eigenvalue weighted by Gasteiger charge is -2.14. The molecule has 0 saturated heterocycles. The van der Waals surface area contributed by atoms with Crippen LogP contribution in [0.2, 0.25) is 0 Å². The van der Waals surface area contributed by atoms with Gasteiger partial charge in [-0.05, 0) is 19.1 Å². The van der Waals surface area contributed by atoms with Crippen LogP contribution < -0.4 is 4.74 Å². The molecule has 1 rings (SSSR count). The summed E-state index contributed by atoms with van der Waals surface area (Å²) in [6.07, 6.45) is 1.12. The number of hydrogen-bond acceptors (Lipinski definition) is 5. The number of hydrogen-bond donors (Lipinski definition) is 0. The van der Waals surface area contributed by atoms with E-state index in [9.17, 15) is 8.42 Å². The van der Waals surface area contributed by atoms with Gasteiger partial charge < -0.3 is 9.47 Å². The zero-order chi connectivity index (χ0) is 12.2. The van der Waals surface area contributed by atoms with Crippen molar-refractivity contribution < 1.29 is 17.9 Å². The Labute approximate surface area is 98.8 Å². The monoisotopic (exact) mass is 265 g/mol. The summed E-state index contributed by atoms with van der Waals surface area (Å²) in [4.78, 5) is 3.69. The van der Waals surface area contributed by atoms with Crippen LogP contribution in [0, 0.1) is 0 Å². The number of rotatable bonds is 5. The Hall–Kier alpha value is -0.850. The number of halogens is 1. The van der Waals surface area contributed by atoms with Crippen LogP contribution in [0.25, 0.3) is 0 Å². The molecule has 0 saturated carbocycles. The molecule has 7 heteroatoms. The first-order valence-corrected chi connectivity index (χ1v) is 6.81. The first kappa shape index (κ1) is 13.2. The Morgan fingerprint density at radius 2 is 2.25 bits per heavy atom. The summed E-state index contributed by atoms with van der Waals surface area (Å²) in [5.74, 6) is -0.0120. The van der Waals surface area contributed by atoms with Gasteiger partial charge >= 0.3 is 0 Å². The number of pyridine rings is 1. The van der Waals surface area contributed by atoms with Crippen LogP contribution in [0.1, 0.15) is 6.92 Å². The Balaban J connectivity index is 2.96. The number of methoxy groups -OCH3 is 1. The highest BCUT2D eigenvalue weighted by molar-refractivity contribution is 8.13. The van der Waals surface area contributed by atoms with Crippen LogP contribution in [0.3, 0.4) is 0 Å². The van der Waals surface area contributed by atoms with E-state index >= 15 is 0 Å². The second-order valence-electron chi connectivity index (χ2n) is 3.13. The standard InChI is InChI=1S/C9H12ClNO4S/c1-7(6-14-2)15-9-8(16(10,12)13)4-3-5-11-9/h3-5,7H,6H2,1-2H3. The van der Waals surface area contributed by atoms with Crippen molar-refractivity contribution in [3.63, 3.8) is 0 Å². The average Bonchev–Trinajstić information content (AvgIpc) is 2.17. The van der Waals surface area contributed by atoms with Crippen LogP contribution >= 0.6 is 10.7 Å². The van der Waals surface area contributed by atoms with E-state index in [4.69, 9.17) is 20.2 Å². The molecule has 1 atom stereocenters. The van der Waals surface area contributed by atoms with Crippen LogP contribution in [-0.2, 0) is 13.8 Å². The lowest BCUT2D eigenvalue weighted by atomic mass is 10.4. The minimum atomic E-state index is -3.85. The van der Waals surface area contributed by atoms with E-state index in [1.807, 2.05) is 0 Å². The first-order valence-electron chi connectivity index (χ1n) is 4.50. The molecule has 0 bridgehead atoms. The second-order valence-corrected chi connectivity index (χ2v) is 5.66. The molecule has 1 aromatic rings. The van der Waals surface area contributed by atoms with Gasteiger partial charge in [-0.2, -0.15) is 0 Å². The van der Waals surface area contributed by atoms with E-state index in [0.29, 0.717) is 6.61 Å². The molecule has 1 aromatic heterocycles. The molecular weight excluding hydrogens is 254 g/mol. The van der Waals surface area contributed by atoms with Gasteiger partial charge in [0, 0.05) is 24.0 Å². The van der Waals surface area contributed by atoms with Gasteiger partial charge in [-0.25, -0.2) is 13.4 Å². The number of aromatic nitrogens is 1. The molecule has 5 nitrogen and oxygen atoms in total. The SMILES string of the molecule is COCC(C)Oc1ncccc1S(=O)(=O)Cl. The fourth-order valence-corrected chi connectivity index (χ4v) is 2.01. The molecule has 90 valence electrons. The summed E-state index contributed by atoms with van der Waals surface area (Å²) in [5.41, 5.74) is 0. The molecule has 1 heterocycles. The van der Waals surface area contributed by atoms with E-state index in [2.05, 4.69) is 4.98 Å². The predicted octanol–water partition coefficient (Wildman–Crippen LogP) is 1.42. The van der Waals surface area contributed by atoms with E-state index in [1.165, 1.54) is 25.4 Å². The van der Waals surface area contributed by atoms with Gasteiger partial charge in [0.05, 0.1) is 6.61 Å². The van der Waals surface area contributed by atoms with Gasteiger partial charge in [-0.15, -0.1) is 0 Å². The topological polar surface area (TPSA) is 65.5 Å². The van der Waals surface area contributed by atoms with Gasteiger partial charge in [0.1, 0.15) is 11.0 Å². The van der Waals surface area contributed by atoms with Crippen LogP contribution in [0.4, 0.5) is 0 Å². The van der Waals surface area contributed by atoms with E-state index in [1.54, 1.807) is 6.92 Å². The van der Waals surface area contributed by atoms with E-state index in [-0.39, 0.29) is 16.9 Å². The first-order chi connectivity index (χ1) is 7.45. The summed E-state index contributed by atoms with van der Waals surface area (Å²) in [6.45, 7) is 2.07. The van der Waals surface area contributed by atoms with E-state index < -0.39 is 9.05 Å². The molecule has 0 aliphatic heterocycles. The Morgan fingerprint density at radius 3 is 2.81 bits per heavy atom. The highest BCUT2D eigenvalue weighted by Gasteiger charge is 2.19. The van der Waals surface area contributed by atoms with Gasteiger partial charge in [-0.3, -0.25) is 0 Å². The van der Waals surface area contributed by atoms with Crippen molar-refractivity contribution in [3.05, 3.63) is 18.3 Å². The lowest BCUT2D eigenvalue weighted by Crippen LogP contribution is -2.19. The Bertz CT molecular complexity index is 449. The quantitative estimate of drug-likeness (QED) is 0.754. The van der Waals surface area contributed by atoms with Crippen molar-refractivity contribution in [3.8, 4) is 5.88 Å². The largest absolute Gasteiger partial charge is 0.471 e. The van der Waals surface area contributed by atoms with Crippen LogP contribution in [0.5, 0.6) is 5.88 Å². The van der Waals surface area contributed by atoms with Crippen LogP contribution in [-0.4, -0.2) is 33.2 Å². The predicted molar refractivity (Wildman–Crippen MR) is 59.2 cm³/mol. The van der Waals surface area contributed by atoms with Crippen molar-refractivity contribution in [2.45, 2.75) is 17.9 Å². The van der Waals surface area contributed by atoms with Crippen LogP contribution in [0.15, 0.2) is 23.2 Å². The average molecular weight is 266 g/mol. The second kappa shape index (κ2) is 5.47. The fraction of sp³-hybridized carbons (Fsp3) is 0.444. The molecule has 0 aliphatic rings. The maximum atomic E-state index is 11.2. The Morgan fingerprint density at radius 1 is 1.56 bits per heavy atom. The third kappa shape index (κ3) is 3.62. The maximum absolute atomic E-state index is 11.2. The van der Waals surface area contributed by atoms with Gasteiger partial charge in [0.25, 0.3) is 9.05 Å². The van der Waals surface area contributed by atoms with Gasteiger partial charge in [0.2, 0.25) is 5.88 Å². The zero-order valence-corrected chi connectivity index (χ0v) is 10.5. The molecule has 1 unspecified atom stereocenters. The molecule has 0 aromatic carbocycles. The summed E-state index contributed by atoms with van der Waals surface area (Å²) >= 11 is 0. The van der Waals surface area contributed by atoms with Gasteiger partial charge in [0.15, 0.2) is 0 Å². The smallest absolute Gasteiger partial charge is 0.266 e. The Kier molecular flexibility index (Phi) is 4.52. The number of ether oxygens (including phenoxy) is 2. The van der Waals surface area contributed by atoms with Crippen molar-refractivity contribution in [2.75, 3.05) is 13.7 Å². The summed E-state index contributed by atoms with van der Waals surface area (Å²) < 4.78 is 32.6. The summed E-state index contributed by atoms with van der Waals surface area (Å²) in [7, 11) is 2.92. The third-order valence-corrected chi connectivity index (χ3v) is 3.05. The van der Waals surface area contributed by atoms with Crippen molar-refractivity contribution in [2.24, 2.45) is 0 Å². The minimum absolute atomic E-state index is 0.0120. The molecule has 0 amide bonds. The summed E-state index contributed by atoms with van der Waals surface area (Å²) in [6, 6.07) is 2.81. The van der Waals surface area contributed by atoms with Crippen molar-refractivity contribution in [1.29, 1.82) is 0 Å². The van der Waals surface area contributed by atoms with Crippen molar-refractivity contribution >= 4 is 19.7 Å². The van der Waals surface area contributed by atoms with Crippen molar-refractivity contribution in [1.82, 2.24) is 4.98 Å².